The molecule has 4 rings (SSSR count). The monoisotopic (exact) mass is 515 g/mol. The van der Waals surface area contributed by atoms with Gasteiger partial charge in [-0.15, -0.1) is 0 Å². The summed E-state index contributed by atoms with van der Waals surface area (Å²) in [6.07, 6.45) is 14.3. The van der Waals surface area contributed by atoms with E-state index in [9.17, 15) is 9.18 Å². The average Bonchev–Trinajstić information content (AvgIpc) is 3.27. The van der Waals surface area contributed by atoms with Crippen LogP contribution in [0.15, 0.2) is 29.3 Å². The number of carbonyl (C=O) groups excluding carboxylic acids is 1. The van der Waals surface area contributed by atoms with Crippen LogP contribution in [0.3, 0.4) is 0 Å². The molecular formula is C30H46FN3O3. The molecule has 0 N–H and O–H groups in total. The summed E-state index contributed by atoms with van der Waals surface area (Å²) in [7, 11) is 5.57. The van der Waals surface area contributed by atoms with E-state index in [4.69, 9.17) is 14.5 Å². The van der Waals surface area contributed by atoms with Crippen molar-refractivity contribution in [2.24, 2.45) is 16.8 Å². The fraction of sp³-hybridized carbons (Fsp3) is 0.733. The van der Waals surface area contributed by atoms with Crippen molar-refractivity contribution in [2.75, 3.05) is 21.2 Å². The summed E-state index contributed by atoms with van der Waals surface area (Å²) >= 11 is 0. The van der Waals surface area contributed by atoms with E-state index in [0.717, 1.165) is 44.1 Å². The fourth-order valence-corrected chi connectivity index (χ4v) is 7.28. The number of nitrogens with zero attached hydrogens (tertiary/aromatic N) is 3. The molecule has 7 heteroatoms. The molecule has 0 bridgehead atoms. The third-order valence-electron chi connectivity index (χ3n) is 8.96. The van der Waals surface area contributed by atoms with Gasteiger partial charge in [-0.3, -0.25) is 0 Å². The summed E-state index contributed by atoms with van der Waals surface area (Å²) < 4.78 is 25.1. The molecule has 3 aliphatic rings. The van der Waals surface area contributed by atoms with E-state index in [0.29, 0.717) is 24.3 Å². The molecule has 2 aliphatic carbocycles. The molecule has 3 unspecified atom stereocenters. The Morgan fingerprint density at radius 3 is 2.51 bits per heavy atom. The van der Waals surface area contributed by atoms with Crippen LogP contribution in [0.2, 0.25) is 0 Å². The number of hydrogen-bond donors (Lipinski definition) is 0. The van der Waals surface area contributed by atoms with Crippen molar-refractivity contribution in [2.45, 2.75) is 108 Å². The number of halogens is 1. The standard InChI is InChI=1S/C30H46FN3O3/c1-5-6-19-30(37-29(35)36-4)28(34(21-32-30)26-13-8-7-9-14-26)23-17-15-22(16-18-23)27(33(2)3)24-11-10-12-25(31)20-24/h10-12,20-23,26-28H,5-9,13-19H2,1-4H3. The molecule has 3 atom stereocenters. The molecule has 0 aromatic heterocycles. The fourth-order valence-electron chi connectivity index (χ4n) is 7.28. The number of ether oxygens (including phenoxy) is 2. The van der Waals surface area contributed by atoms with Crippen molar-refractivity contribution < 1.29 is 18.7 Å². The summed E-state index contributed by atoms with van der Waals surface area (Å²) in [5.74, 6) is 0.646. The minimum atomic E-state index is -0.887. The minimum Gasteiger partial charge on any atom is -0.438 e. The second-order valence-electron chi connectivity index (χ2n) is 11.6. The van der Waals surface area contributed by atoms with Gasteiger partial charge in [-0.2, -0.15) is 0 Å². The molecule has 37 heavy (non-hydrogen) atoms. The van der Waals surface area contributed by atoms with Gasteiger partial charge >= 0.3 is 6.16 Å². The summed E-state index contributed by atoms with van der Waals surface area (Å²) in [6.45, 7) is 2.16. The van der Waals surface area contributed by atoms with Crippen molar-refractivity contribution in [3.05, 3.63) is 35.6 Å². The average molecular weight is 516 g/mol. The second-order valence-corrected chi connectivity index (χ2v) is 11.6. The van der Waals surface area contributed by atoms with Gasteiger partial charge in [0, 0.05) is 18.5 Å². The maximum atomic E-state index is 14.1. The highest BCUT2D eigenvalue weighted by atomic mass is 19.1. The summed E-state index contributed by atoms with van der Waals surface area (Å²) in [5.41, 5.74) is 0.162. The molecule has 1 aromatic rings. The van der Waals surface area contributed by atoms with Gasteiger partial charge in [0.05, 0.1) is 19.5 Å². The van der Waals surface area contributed by atoms with Gasteiger partial charge in [-0.1, -0.05) is 44.7 Å². The highest BCUT2D eigenvalue weighted by Crippen LogP contribution is 2.47. The summed E-state index contributed by atoms with van der Waals surface area (Å²) in [4.78, 5) is 22.2. The zero-order valence-corrected chi connectivity index (χ0v) is 23.2. The lowest BCUT2D eigenvalue weighted by molar-refractivity contribution is -0.0838. The lowest BCUT2D eigenvalue weighted by Crippen LogP contribution is -2.56. The Morgan fingerprint density at radius 2 is 1.89 bits per heavy atom. The quantitative estimate of drug-likeness (QED) is 0.333. The first kappa shape index (κ1) is 27.9. The normalized spacial score (nSPS) is 29.5. The van der Waals surface area contributed by atoms with Crippen LogP contribution in [0.25, 0.3) is 0 Å². The number of aliphatic imine (C=N–C) groups is 1. The van der Waals surface area contributed by atoms with Gasteiger partial charge in [-0.05, 0) is 88.6 Å². The van der Waals surface area contributed by atoms with E-state index >= 15 is 0 Å². The lowest BCUT2D eigenvalue weighted by atomic mass is 9.71. The van der Waals surface area contributed by atoms with Crippen LogP contribution in [0.5, 0.6) is 0 Å². The van der Waals surface area contributed by atoms with Crippen LogP contribution in [0.4, 0.5) is 9.18 Å². The van der Waals surface area contributed by atoms with Crippen LogP contribution in [-0.2, 0) is 9.47 Å². The molecule has 1 heterocycles. The molecule has 1 aromatic carbocycles. The number of hydrogen-bond acceptors (Lipinski definition) is 6. The first-order valence-corrected chi connectivity index (χ1v) is 14.4. The van der Waals surface area contributed by atoms with E-state index in [-0.39, 0.29) is 17.9 Å². The van der Waals surface area contributed by atoms with Crippen molar-refractivity contribution in [1.82, 2.24) is 9.80 Å². The molecule has 0 spiro atoms. The maximum Gasteiger partial charge on any atom is 0.510 e. The molecule has 1 aliphatic heterocycles. The van der Waals surface area contributed by atoms with Gasteiger partial charge in [-0.25, -0.2) is 14.2 Å². The Hall–Kier alpha value is -2.15. The topological polar surface area (TPSA) is 54.4 Å². The third-order valence-corrected chi connectivity index (χ3v) is 8.96. The number of carbonyl (C=O) groups is 1. The molecule has 6 nitrogen and oxygen atoms in total. The first-order valence-electron chi connectivity index (χ1n) is 14.4. The number of rotatable bonds is 9. The zero-order valence-electron chi connectivity index (χ0n) is 23.2. The second kappa shape index (κ2) is 12.6. The molecule has 0 radical (unpaired) electrons. The van der Waals surface area contributed by atoms with E-state index in [1.54, 1.807) is 6.07 Å². The van der Waals surface area contributed by atoms with Crippen molar-refractivity contribution in [1.29, 1.82) is 0 Å². The maximum absolute atomic E-state index is 14.1. The van der Waals surface area contributed by atoms with E-state index in [2.05, 4.69) is 36.9 Å². The molecular weight excluding hydrogens is 469 g/mol. The molecule has 0 amide bonds. The van der Waals surface area contributed by atoms with Gasteiger partial charge in [0.15, 0.2) is 0 Å². The number of methoxy groups -OCH3 is 1. The number of benzene rings is 1. The highest BCUT2D eigenvalue weighted by molar-refractivity contribution is 5.64. The highest BCUT2D eigenvalue weighted by Gasteiger charge is 2.54. The summed E-state index contributed by atoms with van der Waals surface area (Å²) in [5, 5.41) is 0. The largest absolute Gasteiger partial charge is 0.510 e. The summed E-state index contributed by atoms with van der Waals surface area (Å²) in [6, 6.07) is 7.74. The van der Waals surface area contributed by atoms with Gasteiger partial charge < -0.3 is 19.3 Å². The zero-order chi connectivity index (χ0) is 26.4. The van der Waals surface area contributed by atoms with E-state index < -0.39 is 11.9 Å². The van der Waals surface area contributed by atoms with Crippen LogP contribution >= 0.6 is 0 Å². The Kier molecular flexibility index (Phi) is 9.49. The van der Waals surface area contributed by atoms with Crippen LogP contribution < -0.4 is 0 Å². The predicted molar refractivity (Wildman–Crippen MR) is 145 cm³/mol. The van der Waals surface area contributed by atoms with Crippen molar-refractivity contribution in [3.8, 4) is 0 Å². The Balaban J connectivity index is 1.57. The van der Waals surface area contributed by atoms with Gasteiger partial charge in [0.25, 0.3) is 0 Å². The van der Waals surface area contributed by atoms with Crippen LogP contribution in [-0.4, -0.2) is 61.3 Å². The Bertz CT molecular complexity index is 911. The predicted octanol–water partition coefficient (Wildman–Crippen LogP) is 6.95. The molecule has 0 saturated heterocycles. The SMILES string of the molecule is CCCCC1(OC(=O)OC)N=CN(C2CCCCC2)C1C1CCC(C(c2cccc(F)c2)N(C)C)CC1. The van der Waals surface area contributed by atoms with E-state index in [1.807, 2.05) is 12.4 Å². The molecule has 2 fully saturated rings. The third kappa shape index (κ3) is 6.30. The van der Waals surface area contributed by atoms with E-state index in [1.165, 1.54) is 45.3 Å². The minimum absolute atomic E-state index is 0.0363. The first-order chi connectivity index (χ1) is 17.9. The van der Waals surface area contributed by atoms with Crippen LogP contribution in [0.1, 0.15) is 95.6 Å². The van der Waals surface area contributed by atoms with Gasteiger partial charge in [0.2, 0.25) is 5.72 Å². The smallest absolute Gasteiger partial charge is 0.438 e. The van der Waals surface area contributed by atoms with Crippen molar-refractivity contribution in [3.63, 3.8) is 0 Å². The van der Waals surface area contributed by atoms with Crippen LogP contribution in [0, 0.1) is 17.7 Å². The molecule has 2 saturated carbocycles. The lowest BCUT2D eigenvalue weighted by Gasteiger charge is -2.47. The number of unbranched alkanes of at least 4 members (excludes halogenated alkanes) is 1. The van der Waals surface area contributed by atoms with Crippen molar-refractivity contribution >= 4 is 12.5 Å². The Labute approximate surface area is 222 Å². The molecule has 206 valence electrons. The Morgan fingerprint density at radius 1 is 1.16 bits per heavy atom. The van der Waals surface area contributed by atoms with Gasteiger partial charge in [0.1, 0.15) is 5.82 Å².